The molecule has 1 aromatic heterocycles. The van der Waals surface area contributed by atoms with Crippen LogP contribution >= 0.6 is 27.5 Å². The predicted octanol–water partition coefficient (Wildman–Crippen LogP) is 2.33. The molecule has 1 heterocycles. The molecule has 0 aromatic carbocycles. The molecule has 3 nitrogen and oxygen atoms in total. The number of aromatic nitrogens is 1. The van der Waals surface area contributed by atoms with Gasteiger partial charge in [0.1, 0.15) is 10.7 Å². The number of nitrogens with zero attached hydrogens (tertiary/aromatic N) is 1. The van der Waals surface area contributed by atoms with Crippen molar-refractivity contribution in [1.82, 2.24) is 4.98 Å². The monoisotopic (exact) mass is 253 g/mol. The summed E-state index contributed by atoms with van der Waals surface area (Å²) in [7, 11) is 0. The van der Waals surface area contributed by atoms with Gasteiger partial charge in [-0.1, -0.05) is 11.6 Å². The number of hydrogen-bond acceptors (Lipinski definition) is 2. The molecule has 0 spiro atoms. The van der Waals surface area contributed by atoms with E-state index in [1.54, 1.807) is 0 Å². The van der Waals surface area contributed by atoms with Gasteiger partial charge < -0.3 is 5.11 Å². The second-order valence-electron chi connectivity index (χ2n) is 1.89. The van der Waals surface area contributed by atoms with Gasteiger partial charge in [-0.3, -0.25) is 0 Å². The molecule has 0 aliphatic heterocycles. The third kappa shape index (κ3) is 1.56. The van der Waals surface area contributed by atoms with Crippen LogP contribution in [0.3, 0.4) is 0 Å². The van der Waals surface area contributed by atoms with Crippen LogP contribution in [0.25, 0.3) is 0 Å². The van der Waals surface area contributed by atoms with Crippen LogP contribution in [0.1, 0.15) is 10.4 Å². The van der Waals surface area contributed by atoms with Crippen LogP contribution in [0.2, 0.25) is 5.15 Å². The molecule has 1 aromatic rings. The average Bonchev–Trinajstić information content (AvgIpc) is 1.97. The van der Waals surface area contributed by atoms with E-state index in [0.29, 0.717) is 0 Å². The van der Waals surface area contributed by atoms with Gasteiger partial charge in [0.05, 0.1) is 4.47 Å². The number of halogens is 3. The van der Waals surface area contributed by atoms with Crippen molar-refractivity contribution in [3.05, 3.63) is 27.2 Å². The van der Waals surface area contributed by atoms with E-state index in [1.165, 1.54) is 0 Å². The van der Waals surface area contributed by atoms with E-state index in [2.05, 4.69) is 20.9 Å². The number of aromatic carboxylic acids is 1. The van der Waals surface area contributed by atoms with Gasteiger partial charge >= 0.3 is 5.97 Å². The Kier molecular flexibility index (Phi) is 2.64. The zero-order valence-corrected chi connectivity index (χ0v) is 7.86. The van der Waals surface area contributed by atoms with Crippen molar-refractivity contribution in [2.24, 2.45) is 0 Å². The van der Waals surface area contributed by atoms with E-state index in [4.69, 9.17) is 16.7 Å². The highest BCUT2D eigenvalue weighted by molar-refractivity contribution is 9.10. The van der Waals surface area contributed by atoms with Crippen molar-refractivity contribution in [1.29, 1.82) is 0 Å². The lowest BCUT2D eigenvalue weighted by molar-refractivity contribution is 0.0691. The molecule has 0 radical (unpaired) electrons. The van der Waals surface area contributed by atoms with Gasteiger partial charge in [-0.15, -0.1) is 0 Å². The molecule has 0 aliphatic rings. The first-order valence-electron chi connectivity index (χ1n) is 2.77. The quantitative estimate of drug-likeness (QED) is 0.783. The molecule has 0 atom stereocenters. The maximum atomic E-state index is 13.0. The van der Waals surface area contributed by atoms with Crippen molar-refractivity contribution >= 4 is 33.5 Å². The summed E-state index contributed by atoms with van der Waals surface area (Å²) in [5, 5.41) is 8.13. The van der Waals surface area contributed by atoms with Gasteiger partial charge in [0.25, 0.3) is 0 Å². The Bertz CT molecular complexity index is 345. The van der Waals surface area contributed by atoms with Crippen LogP contribution < -0.4 is 0 Å². The topological polar surface area (TPSA) is 50.2 Å². The predicted molar refractivity (Wildman–Crippen MR) is 43.9 cm³/mol. The first kappa shape index (κ1) is 9.41. The molecular weight excluding hydrogens is 252 g/mol. The molecule has 6 heteroatoms. The number of rotatable bonds is 1. The summed E-state index contributed by atoms with van der Waals surface area (Å²) < 4.78 is 12.9. The highest BCUT2D eigenvalue weighted by Crippen LogP contribution is 2.22. The van der Waals surface area contributed by atoms with Crippen molar-refractivity contribution in [2.75, 3.05) is 0 Å². The number of pyridine rings is 1. The molecule has 0 unspecified atom stereocenters. The van der Waals surface area contributed by atoms with Crippen molar-refractivity contribution in [2.45, 2.75) is 0 Å². The Morgan fingerprint density at radius 2 is 2.33 bits per heavy atom. The lowest BCUT2D eigenvalue weighted by atomic mass is 10.3. The van der Waals surface area contributed by atoms with Gasteiger partial charge in [0.2, 0.25) is 0 Å². The van der Waals surface area contributed by atoms with E-state index in [9.17, 15) is 9.18 Å². The molecule has 0 amide bonds. The second-order valence-corrected chi connectivity index (χ2v) is 3.10. The zero-order valence-electron chi connectivity index (χ0n) is 5.51. The molecule has 0 saturated carbocycles. The largest absolute Gasteiger partial charge is 0.477 e. The molecule has 12 heavy (non-hydrogen) atoms. The van der Waals surface area contributed by atoms with E-state index < -0.39 is 17.3 Å². The Labute approximate surface area is 80.3 Å². The minimum absolute atomic E-state index is 0.0238. The fraction of sp³-hybridized carbons (Fsp3) is 0. The Morgan fingerprint density at radius 3 is 2.75 bits per heavy atom. The van der Waals surface area contributed by atoms with Crippen LogP contribution in [0.5, 0.6) is 0 Å². The van der Waals surface area contributed by atoms with Gasteiger partial charge in [-0.05, 0) is 15.9 Å². The van der Waals surface area contributed by atoms with Crippen LogP contribution in [0.4, 0.5) is 4.39 Å². The summed E-state index contributed by atoms with van der Waals surface area (Å²) in [6.45, 7) is 0. The molecular formula is C6H2BrClFNO2. The fourth-order valence-corrected chi connectivity index (χ4v) is 1.14. The van der Waals surface area contributed by atoms with E-state index in [0.717, 1.165) is 6.20 Å². The smallest absolute Gasteiger partial charge is 0.341 e. The summed E-state index contributed by atoms with van der Waals surface area (Å²) in [4.78, 5) is 13.9. The Morgan fingerprint density at radius 1 is 1.75 bits per heavy atom. The lowest BCUT2D eigenvalue weighted by Crippen LogP contribution is -2.03. The van der Waals surface area contributed by atoms with E-state index >= 15 is 0 Å². The maximum Gasteiger partial charge on any atom is 0.341 e. The molecule has 1 N–H and O–H groups in total. The summed E-state index contributed by atoms with van der Waals surface area (Å²) in [5.74, 6) is -2.35. The SMILES string of the molecule is O=C(O)c1c(Cl)ncc(Br)c1F. The third-order valence-corrected chi connectivity index (χ3v) is 1.98. The summed E-state index contributed by atoms with van der Waals surface area (Å²) >= 11 is 8.13. The highest BCUT2D eigenvalue weighted by atomic mass is 79.9. The molecule has 0 bridgehead atoms. The number of hydrogen-bond donors (Lipinski definition) is 1. The van der Waals surface area contributed by atoms with Crippen molar-refractivity contribution < 1.29 is 14.3 Å². The maximum absolute atomic E-state index is 13.0. The standard InChI is InChI=1S/C6H2BrClFNO2/c7-2-1-10-5(8)3(4(2)9)6(11)12/h1H,(H,11,12). The first-order chi connectivity index (χ1) is 5.54. The number of carboxylic acids is 1. The lowest BCUT2D eigenvalue weighted by Gasteiger charge is -2.00. The molecule has 0 saturated heterocycles. The second kappa shape index (κ2) is 3.37. The zero-order chi connectivity index (χ0) is 9.30. The van der Waals surface area contributed by atoms with Crippen molar-refractivity contribution in [3.63, 3.8) is 0 Å². The molecule has 64 valence electrons. The average molecular weight is 254 g/mol. The minimum Gasteiger partial charge on any atom is -0.477 e. The van der Waals surface area contributed by atoms with Gasteiger partial charge in [0.15, 0.2) is 5.82 Å². The third-order valence-electron chi connectivity index (χ3n) is 1.14. The Balaban J connectivity index is 3.43. The summed E-state index contributed by atoms with van der Waals surface area (Å²) in [5.41, 5.74) is -0.619. The minimum atomic E-state index is -1.44. The fourth-order valence-electron chi connectivity index (χ4n) is 0.627. The van der Waals surface area contributed by atoms with Gasteiger partial charge in [-0.2, -0.15) is 0 Å². The highest BCUT2D eigenvalue weighted by Gasteiger charge is 2.18. The summed E-state index contributed by atoms with van der Waals surface area (Å²) in [6.07, 6.45) is 1.10. The van der Waals surface area contributed by atoms with Crippen LogP contribution in [0.15, 0.2) is 10.7 Å². The van der Waals surface area contributed by atoms with E-state index in [1.807, 2.05) is 0 Å². The van der Waals surface area contributed by atoms with Gasteiger partial charge in [-0.25, -0.2) is 14.2 Å². The van der Waals surface area contributed by atoms with Crippen LogP contribution in [-0.4, -0.2) is 16.1 Å². The van der Waals surface area contributed by atoms with E-state index in [-0.39, 0.29) is 9.63 Å². The molecule has 1 rings (SSSR count). The van der Waals surface area contributed by atoms with Crippen LogP contribution in [0, 0.1) is 5.82 Å². The van der Waals surface area contributed by atoms with Crippen LogP contribution in [-0.2, 0) is 0 Å². The van der Waals surface area contributed by atoms with Gasteiger partial charge in [0, 0.05) is 6.20 Å². The number of carboxylic acid groups (broad SMARTS) is 1. The first-order valence-corrected chi connectivity index (χ1v) is 3.94. The Hall–Kier alpha value is -0.680. The number of carbonyl (C=O) groups is 1. The molecule has 0 fully saturated rings. The molecule has 0 aliphatic carbocycles. The van der Waals surface area contributed by atoms with Crippen molar-refractivity contribution in [3.8, 4) is 0 Å². The normalized spacial score (nSPS) is 9.92. The summed E-state index contributed by atoms with van der Waals surface area (Å²) in [6, 6.07) is 0.